The van der Waals surface area contributed by atoms with Crippen molar-refractivity contribution in [3.05, 3.63) is 34.0 Å². The van der Waals surface area contributed by atoms with Crippen LogP contribution in [0.5, 0.6) is 0 Å². The van der Waals surface area contributed by atoms with Crippen molar-refractivity contribution in [2.45, 2.75) is 33.2 Å². The van der Waals surface area contributed by atoms with Crippen LogP contribution in [-0.4, -0.2) is 19.8 Å². The molecule has 2 nitrogen and oxygen atoms in total. The Labute approximate surface area is 109 Å². The highest BCUT2D eigenvalue weighted by atomic mass is 32.1. The predicted molar refractivity (Wildman–Crippen MR) is 75.7 cm³/mol. The van der Waals surface area contributed by atoms with Gasteiger partial charge in [-0.2, -0.15) is 0 Å². The fourth-order valence-electron chi connectivity index (χ4n) is 1.51. The zero-order chi connectivity index (χ0) is 12.7. The van der Waals surface area contributed by atoms with Gasteiger partial charge in [0.05, 0.1) is 13.2 Å². The molecule has 1 atom stereocenters. The molecule has 1 aromatic heterocycles. The molecule has 1 unspecified atom stereocenters. The SMILES string of the molecule is C=C(C)COCCNC(C)c1ccc(CC)s1. The van der Waals surface area contributed by atoms with Crippen LogP contribution in [0.4, 0.5) is 0 Å². The van der Waals surface area contributed by atoms with Gasteiger partial charge >= 0.3 is 0 Å². The van der Waals surface area contributed by atoms with Gasteiger partial charge in [-0.25, -0.2) is 0 Å². The summed E-state index contributed by atoms with van der Waals surface area (Å²) in [4.78, 5) is 2.86. The van der Waals surface area contributed by atoms with Gasteiger partial charge in [-0.05, 0) is 32.4 Å². The van der Waals surface area contributed by atoms with Crippen LogP contribution in [0, 0.1) is 0 Å². The average molecular weight is 253 g/mol. The second-order valence-corrected chi connectivity index (χ2v) is 5.54. The van der Waals surface area contributed by atoms with Gasteiger partial charge in [-0.3, -0.25) is 0 Å². The van der Waals surface area contributed by atoms with Crippen molar-refractivity contribution in [1.82, 2.24) is 5.32 Å². The Kier molecular flexibility index (Phi) is 6.48. The van der Waals surface area contributed by atoms with Gasteiger partial charge in [0.25, 0.3) is 0 Å². The fourth-order valence-corrected chi connectivity index (χ4v) is 2.49. The van der Waals surface area contributed by atoms with Crippen molar-refractivity contribution < 1.29 is 4.74 Å². The molecule has 1 heterocycles. The Morgan fingerprint density at radius 2 is 2.29 bits per heavy atom. The van der Waals surface area contributed by atoms with Gasteiger partial charge in [0.15, 0.2) is 0 Å². The van der Waals surface area contributed by atoms with Crippen molar-refractivity contribution in [3.8, 4) is 0 Å². The summed E-state index contributed by atoms with van der Waals surface area (Å²) in [5, 5.41) is 3.47. The Morgan fingerprint density at radius 1 is 1.53 bits per heavy atom. The number of hydrogen-bond acceptors (Lipinski definition) is 3. The molecule has 0 aliphatic heterocycles. The van der Waals surface area contributed by atoms with Crippen molar-refractivity contribution in [3.63, 3.8) is 0 Å². The smallest absolute Gasteiger partial charge is 0.0672 e. The van der Waals surface area contributed by atoms with E-state index in [0.717, 1.165) is 25.1 Å². The van der Waals surface area contributed by atoms with Crippen molar-refractivity contribution in [2.75, 3.05) is 19.8 Å². The molecular formula is C14H23NOS. The Bertz CT molecular complexity index is 346. The third-order valence-electron chi connectivity index (χ3n) is 2.50. The molecule has 0 aromatic carbocycles. The summed E-state index contributed by atoms with van der Waals surface area (Å²) in [6, 6.07) is 4.85. The van der Waals surface area contributed by atoms with Crippen LogP contribution in [0.1, 0.15) is 36.6 Å². The molecule has 17 heavy (non-hydrogen) atoms. The number of thiophene rings is 1. The van der Waals surface area contributed by atoms with E-state index in [0.29, 0.717) is 12.6 Å². The molecule has 1 rings (SSSR count). The molecule has 0 saturated heterocycles. The van der Waals surface area contributed by atoms with Gasteiger partial charge in [0.2, 0.25) is 0 Å². The molecule has 0 fully saturated rings. The second kappa shape index (κ2) is 7.64. The fraction of sp³-hybridized carbons (Fsp3) is 0.571. The predicted octanol–water partition coefficient (Wildman–Crippen LogP) is 3.55. The lowest BCUT2D eigenvalue weighted by atomic mass is 10.2. The van der Waals surface area contributed by atoms with E-state index < -0.39 is 0 Å². The molecular weight excluding hydrogens is 230 g/mol. The van der Waals surface area contributed by atoms with Crippen LogP contribution in [0.3, 0.4) is 0 Å². The first-order chi connectivity index (χ1) is 8.13. The Morgan fingerprint density at radius 3 is 2.88 bits per heavy atom. The minimum absolute atomic E-state index is 0.411. The van der Waals surface area contributed by atoms with Crippen LogP contribution in [0.25, 0.3) is 0 Å². The largest absolute Gasteiger partial charge is 0.376 e. The van der Waals surface area contributed by atoms with Gasteiger partial charge in [0.1, 0.15) is 0 Å². The second-order valence-electron chi connectivity index (χ2n) is 4.34. The summed E-state index contributed by atoms with van der Waals surface area (Å²) >= 11 is 1.89. The van der Waals surface area contributed by atoms with Crippen LogP contribution in [0.2, 0.25) is 0 Å². The Balaban J connectivity index is 2.20. The lowest BCUT2D eigenvalue weighted by Crippen LogP contribution is -2.22. The first-order valence-corrected chi connectivity index (χ1v) is 6.99. The molecule has 0 saturated carbocycles. The molecule has 1 aromatic rings. The molecule has 0 radical (unpaired) electrons. The van der Waals surface area contributed by atoms with Crippen LogP contribution >= 0.6 is 11.3 Å². The Hall–Kier alpha value is -0.640. The van der Waals surface area contributed by atoms with E-state index in [2.05, 4.69) is 37.9 Å². The van der Waals surface area contributed by atoms with Gasteiger partial charge in [-0.15, -0.1) is 11.3 Å². The first-order valence-electron chi connectivity index (χ1n) is 6.17. The number of hydrogen-bond donors (Lipinski definition) is 1. The average Bonchev–Trinajstić information content (AvgIpc) is 2.76. The third-order valence-corrected chi connectivity index (χ3v) is 3.92. The maximum Gasteiger partial charge on any atom is 0.0672 e. The third kappa shape index (κ3) is 5.48. The van der Waals surface area contributed by atoms with Gasteiger partial charge in [-0.1, -0.05) is 19.1 Å². The maximum atomic E-state index is 5.45. The van der Waals surface area contributed by atoms with E-state index in [4.69, 9.17) is 4.74 Å². The normalized spacial score (nSPS) is 12.6. The molecule has 0 aliphatic rings. The van der Waals surface area contributed by atoms with Gasteiger partial charge in [0, 0.05) is 22.3 Å². The lowest BCUT2D eigenvalue weighted by Gasteiger charge is -2.12. The van der Waals surface area contributed by atoms with Gasteiger partial charge < -0.3 is 10.1 Å². The monoisotopic (exact) mass is 253 g/mol. The standard InChI is InChI=1S/C14H23NOS/c1-5-13-6-7-14(17-13)12(4)15-8-9-16-10-11(2)3/h6-7,12,15H,2,5,8-10H2,1,3-4H3. The summed E-state index contributed by atoms with van der Waals surface area (Å²) in [6.45, 7) is 12.5. The molecule has 1 N–H and O–H groups in total. The van der Waals surface area contributed by atoms with E-state index in [1.54, 1.807) is 0 Å². The van der Waals surface area contributed by atoms with Crippen LogP contribution in [0.15, 0.2) is 24.3 Å². The van der Waals surface area contributed by atoms with E-state index >= 15 is 0 Å². The van der Waals surface area contributed by atoms with Crippen LogP contribution < -0.4 is 5.32 Å². The number of aryl methyl sites for hydroxylation is 1. The lowest BCUT2D eigenvalue weighted by molar-refractivity contribution is 0.156. The van der Waals surface area contributed by atoms with E-state index in [1.165, 1.54) is 9.75 Å². The molecule has 0 spiro atoms. The molecule has 96 valence electrons. The highest BCUT2D eigenvalue weighted by molar-refractivity contribution is 7.12. The highest BCUT2D eigenvalue weighted by Gasteiger charge is 2.06. The van der Waals surface area contributed by atoms with Crippen LogP contribution in [-0.2, 0) is 11.2 Å². The molecule has 0 bridgehead atoms. The summed E-state index contributed by atoms with van der Waals surface area (Å²) in [5.74, 6) is 0. The topological polar surface area (TPSA) is 21.3 Å². The molecule has 0 amide bonds. The first kappa shape index (κ1) is 14.4. The van der Waals surface area contributed by atoms with E-state index in [9.17, 15) is 0 Å². The summed E-state index contributed by atoms with van der Waals surface area (Å²) in [7, 11) is 0. The molecule has 3 heteroatoms. The number of ether oxygens (including phenoxy) is 1. The zero-order valence-electron chi connectivity index (χ0n) is 11.1. The van der Waals surface area contributed by atoms with E-state index in [1.807, 2.05) is 18.3 Å². The minimum Gasteiger partial charge on any atom is -0.376 e. The number of rotatable bonds is 8. The van der Waals surface area contributed by atoms with Crippen molar-refractivity contribution in [2.24, 2.45) is 0 Å². The maximum absolute atomic E-state index is 5.45. The molecule has 0 aliphatic carbocycles. The highest BCUT2D eigenvalue weighted by Crippen LogP contribution is 2.23. The quantitative estimate of drug-likeness (QED) is 0.565. The minimum atomic E-state index is 0.411. The summed E-state index contributed by atoms with van der Waals surface area (Å²) in [6.07, 6.45) is 1.12. The van der Waals surface area contributed by atoms with Crippen molar-refractivity contribution >= 4 is 11.3 Å². The zero-order valence-corrected chi connectivity index (χ0v) is 11.9. The summed E-state index contributed by atoms with van der Waals surface area (Å²) in [5.41, 5.74) is 1.07. The van der Waals surface area contributed by atoms with E-state index in [-0.39, 0.29) is 0 Å². The number of nitrogens with one attached hydrogen (secondary N) is 1. The van der Waals surface area contributed by atoms with Crippen molar-refractivity contribution in [1.29, 1.82) is 0 Å². The summed E-state index contributed by atoms with van der Waals surface area (Å²) < 4.78 is 5.45.